The summed E-state index contributed by atoms with van der Waals surface area (Å²) in [7, 11) is -3.43. The van der Waals surface area contributed by atoms with Crippen LogP contribution in [0.2, 0.25) is 0 Å². The minimum absolute atomic E-state index is 0.0983. The van der Waals surface area contributed by atoms with Gasteiger partial charge >= 0.3 is 0 Å². The van der Waals surface area contributed by atoms with Gasteiger partial charge in [0.2, 0.25) is 10.0 Å². The van der Waals surface area contributed by atoms with E-state index in [1.807, 2.05) is 0 Å². The van der Waals surface area contributed by atoms with Crippen molar-refractivity contribution in [3.63, 3.8) is 0 Å². The minimum Gasteiger partial charge on any atom is -0.324 e. The Kier molecular flexibility index (Phi) is 3.61. The molecule has 0 heterocycles. The monoisotopic (exact) mass is 269 g/mol. The van der Waals surface area contributed by atoms with Crippen molar-refractivity contribution < 1.29 is 8.42 Å². The molecule has 1 aromatic rings. The molecule has 0 bridgehead atoms. The molecule has 100 valence electrons. The summed E-state index contributed by atoms with van der Waals surface area (Å²) in [5.41, 5.74) is 4.66. The minimum atomic E-state index is -3.43. The van der Waals surface area contributed by atoms with E-state index >= 15 is 0 Å². The molecule has 2 rings (SSSR count). The second kappa shape index (κ2) is 4.87. The molecule has 4 N–H and O–H groups in total. The van der Waals surface area contributed by atoms with Crippen molar-refractivity contribution in [1.82, 2.24) is 4.72 Å². The van der Waals surface area contributed by atoms with Gasteiger partial charge in [0.15, 0.2) is 0 Å². The van der Waals surface area contributed by atoms with Crippen molar-refractivity contribution in [2.45, 2.75) is 44.0 Å². The molecule has 0 saturated heterocycles. The third kappa shape index (κ3) is 2.50. The maximum Gasteiger partial charge on any atom is 0.241 e. The van der Waals surface area contributed by atoms with Crippen molar-refractivity contribution in [2.75, 3.05) is 5.43 Å². The summed E-state index contributed by atoms with van der Waals surface area (Å²) in [4.78, 5) is 0.369. The lowest BCUT2D eigenvalue weighted by Gasteiger charge is -2.27. The maximum atomic E-state index is 12.3. The maximum absolute atomic E-state index is 12.3. The molecule has 0 aromatic heterocycles. The molecule has 0 amide bonds. The summed E-state index contributed by atoms with van der Waals surface area (Å²) in [6.45, 7) is 3.56. The molecule has 1 saturated carbocycles. The van der Waals surface area contributed by atoms with Crippen LogP contribution in [-0.2, 0) is 10.0 Å². The predicted molar refractivity (Wildman–Crippen MR) is 71.7 cm³/mol. The number of hydrogen-bond donors (Lipinski definition) is 3. The zero-order chi connectivity index (χ0) is 13.3. The van der Waals surface area contributed by atoms with Gasteiger partial charge < -0.3 is 5.43 Å². The molecular formula is C12H19N3O2S. The number of hydrazine groups is 1. The number of nitrogen functional groups attached to an aromatic ring is 1. The lowest BCUT2D eigenvalue weighted by Crippen LogP contribution is -2.39. The second-order valence-corrected chi connectivity index (χ2v) is 6.48. The molecule has 1 fully saturated rings. The van der Waals surface area contributed by atoms with E-state index in [2.05, 4.69) is 10.1 Å². The van der Waals surface area contributed by atoms with Crippen LogP contribution < -0.4 is 16.0 Å². The molecule has 0 unspecified atom stereocenters. The average Bonchev–Trinajstić information content (AvgIpc) is 2.22. The fourth-order valence-electron chi connectivity index (χ4n) is 2.26. The van der Waals surface area contributed by atoms with Crippen LogP contribution in [0.15, 0.2) is 17.0 Å². The zero-order valence-electron chi connectivity index (χ0n) is 10.7. The Hall–Kier alpha value is -1.11. The third-order valence-corrected chi connectivity index (χ3v) is 5.15. The summed E-state index contributed by atoms with van der Waals surface area (Å²) in [6.07, 6.45) is 2.96. The number of rotatable bonds is 4. The van der Waals surface area contributed by atoms with Gasteiger partial charge in [0.25, 0.3) is 0 Å². The van der Waals surface area contributed by atoms with E-state index in [9.17, 15) is 8.42 Å². The molecule has 1 aliphatic rings. The highest BCUT2D eigenvalue weighted by molar-refractivity contribution is 7.89. The topological polar surface area (TPSA) is 84.2 Å². The van der Waals surface area contributed by atoms with Crippen molar-refractivity contribution in [2.24, 2.45) is 5.84 Å². The normalized spacial score (nSPS) is 16.4. The summed E-state index contributed by atoms with van der Waals surface area (Å²) >= 11 is 0. The van der Waals surface area contributed by atoms with E-state index in [-0.39, 0.29) is 6.04 Å². The van der Waals surface area contributed by atoms with Crippen LogP contribution in [0.25, 0.3) is 0 Å². The van der Waals surface area contributed by atoms with Gasteiger partial charge in [0, 0.05) is 11.7 Å². The van der Waals surface area contributed by atoms with Gasteiger partial charge in [-0.25, -0.2) is 13.1 Å². The molecule has 18 heavy (non-hydrogen) atoms. The van der Waals surface area contributed by atoms with Crippen molar-refractivity contribution in [1.29, 1.82) is 0 Å². The molecule has 5 nitrogen and oxygen atoms in total. The highest BCUT2D eigenvalue weighted by Crippen LogP contribution is 2.26. The number of aryl methyl sites for hydroxylation is 2. The van der Waals surface area contributed by atoms with Crippen LogP contribution in [0, 0.1) is 13.8 Å². The Balaban J connectivity index is 2.37. The lowest BCUT2D eigenvalue weighted by molar-refractivity contribution is 0.383. The standard InChI is InChI=1S/C12H19N3O2S/c1-8-6-11(14-13)7-9(2)12(8)18(16,17)15-10-4-3-5-10/h6-7,10,14-15H,3-5,13H2,1-2H3. The quantitative estimate of drug-likeness (QED) is 0.570. The van der Waals surface area contributed by atoms with Crippen molar-refractivity contribution in [3.05, 3.63) is 23.3 Å². The first-order valence-corrected chi connectivity index (χ1v) is 7.52. The molecule has 1 aromatic carbocycles. The van der Waals surface area contributed by atoms with Gasteiger partial charge in [0.05, 0.1) is 4.90 Å². The fourth-order valence-corrected chi connectivity index (χ4v) is 4.02. The van der Waals surface area contributed by atoms with Gasteiger partial charge in [-0.15, -0.1) is 0 Å². The lowest BCUT2D eigenvalue weighted by atomic mass is 9.94. The summed E-state index contributed by atoms with van der Waals surface area (Å²) in [6, 6.07) is 3.58. The number of nitrogens with one attached hydrogen (secondary N) is 2. The average molecular weight is 269 g/mol. The smallest absolute Gasteiger partial charge is 0.241 e. The fraction of sp³-hybridized carbons (Fsp3) is 0.500. The van der Waals surface area contributed by atoms with E-state index in [1.165, 1.54) is 0 Å². The Morgan fingerprint density at radius 1 is 1.22 bits per heavy atom. The van der Waals surface area contributed by atoms with Gasteiger partial charge in [0.1, 0.15) is 0 Å². The van der Waals surface area contributed by atoms with Gasteiger partial charge in [-0.3, -0.25) is 5.84 Å². The third-order valence-electron chi connectivity index (χ3n) is 3.32. The van der Waals surface area contributed by atoms with Gasteiger partial charge in [-0.1, -0.05) is 6.42 Å². The molecule has 0 spiro atoms. The number of anilines is 1. The Morgan fingerprint density at radius 2 is 1.78 bits per heavy atom. The van der Waals surface area contributed by atoms with E-state index in [1.54, 1.807) is 26.0 Å². The Morgan fingerprint density at radius 3 is 2.17 bits per heavy atom. The molecule has 0 radical (unpaired) electrons. The zero-order valence-corrected chi connectivity index (χ0v) is 11.5. The summed E-state index contributed by atoms with van der Waals surface area (Å²) in [5, 5.41) is 0. The van der Waals surface area contributed by atoms with Crippen LogP contribution in [0.3, 0.4) is 0 Å². The van der Waals surface area contributed by atoms with Gasteiger partial charge in [-0.05, 0) is 49.9 Å². The van der Waals surface area contributed by atoms with Crippen LogP contribution >= 0.6 is 0 Å². The van der Waals surface area contributed by atoms with E-state index in [4.69, 9.17) is 5.84 Å². The SMILES string of the molecule is Cc1cc(NN)cc(C)c1S(=O)(=O)NC1CCC1. The molecular weight excluding hydrogens is 250 g/mol. The molecule has 0 atom stereocenters. The first-order valence-electron chi connectivity index (χ1n) is 6.04. The number of hydrogen-bond acceptors (Lipinski definition) is 4. The van der Waals surface area contributed by atoms with Crippen molar-refractivity contribution in [3.8, 4) is 0 Å². The number of sulfonamides is 1. The number of benzene rings is 1. The summed E-state index contributed by atoms with van der Waals surface area (Å²) in [5.74, 6) is 5.34. The Bertz CT molecular complexity index is 527. The van der Waals surface area contributed by atoms with Crippen LogP contribution in [-0.4, -0.2) is 14.5 Å². The first-order chi connectivity index (χ1) is 8.44. The predicted octanol–water partition coefficient (Wildman–Crippen LogP) is 1.42. The van der Waals surface area contributed by atoms with E-state index < -0.39 is 10.0 Å². The summed E-state index contributed by atoms with van der Waals surface area (Å²) < 4.78 is 27.4. The highest BCUT2D eigenvalue weighted by atomic mass is 32.2. The van der Waals surface area contributed by atoms with Crippen LogP contribution in [0.5, 0.6) is 0 Å². The molecule has 1 aliphatic carbocycles. The van der Waals surface area contributed by atoms with Crippen LogP contribution in [0.4, 0.5) is 5.69 Å². The van der Waals surface area contributed by atoms with E-state index in [0.717, 1.165) is 19.3 Å². The number of nitrogens with two attached hydrogens (primary N) is 1. The van der Waals surface area contributed by atoms with Gasteiger partial charge in [-0.2, -0.15) is 0 Å². The van der Waals surface area contributed by atoms with Crippen LogP contribution in [0.1, 0.15) is 30.4 Å². The second-order valence-electron chi connectivity index (χ2n) is 4.83. The largest absolute Gasteiger partial charge is 0.324 e. The highest BCUT2D eigenvalue weighted by Gasteiger charge is 2.27. The first kappa shape index (κ1) is 13.3. The molecule has 6 heteroatoms. The van der Waals surface area contributed by atoms with Crippen molar-refractivity contribution >= 4 is 15.7 Å². The molecule has 0 aliphatic heterocycles. The Labute approximate surface area is 108 Å². The van der Waals surface area contributed by atoms with E-state index in [0.29, 0.717) is 21.7 Å².